The minimum absolute atomic E-state index is 0.328. The minimum atomic E-state index is -0.667. The Hall–Kier alpha value is -3.26. The average molecular weight is 497 g/mol. The third-order valence-electron chi connectivity index (χ3n) is 5.48. The molecule has 0 radical (unpaired) electrons. The maximum absolute atomic E-state index is 13.6. The summed E-state index contributed by atoms with van der Waals surface area (Å²) in [5, 5.41) is 0.816. The summed E-state index contributed by atoms with van der Waals surface area (Å²) in [7, 11) is 0. The highest BCUT2D eigenvalue weighted by molar-refractivity contribution is 9.10. The quantitative estimate of drug-likeness (QED) is 0.357. The van der Waals surface area contributed by atoms with Crippen molar-refractivity contribution in [2.24, 2.45) is 0 Å². The van der Waals surface area contributed by atoms with E-state index in [0.717, 1.165) is 16.5 Å². The Morgan fingerprint density at radius 1 is 1.12 bits per heavy atom. The standard InChI is InChI=1S/C24H18BrFN2O4/c1-24(2)21(9-15-7-14-4-6-23(29)30-19(14)11-20(15)32-24)31-22-10-18(27-12-28-22)13-3-5-17(26)16(25)8-13/h3-8,10-12,21H,9H2,1-2H3/t21-/m0/s1. The van der Waals surface area contributed by atoms with Crippen LogP contribution in [-0.2, 0) is 6.42 Å². The molecule has 162 valence electrons. The van der Waals surface area contributed by atoms with Gasteiger partial charge >= 0.3 is 5.63 Å². The molecule has 8 heteroatoms. The summed E-state index contributed by atoms with van der Waals surface area (Å²) in [6.07, 6.45) is 1.67. The summed E-state index contributed by atoms with van der Waals surface area (Å²) in [6, 6.07) is 13.2. The molecular weight excluding hydrogens is 479 g/mol. The smallest absolute Gasteiger partial charge is 0.336 e. The third-order valence-corrected chi connectivity index (χ3v) is 6.08. The zero-order valence-electron chi connectivity index (χ0n) is 17.3. The van der Waals surface area contributed by atoms with Gasteiger partial charge in [0.2, 0.25) is 5.88 Å². The van der Waals surface area contributed by atoms with Crippen molar-refractivity contribution in [1.29, 1.82) is 0 Å². The molecule has 4 aromatic rings. The summed E-state index contributed by atoms with van der Waals surface area (Å²) in [5.41, 5.74) is 1.72. The Balaban J connectivity index is 1.45. The molecule has 32 heavy (non-hydrogen) atoms. The molecule has 1 atom stereocenters. The van der Waals surface area contributed by atoms with Crippen LogP contribution in [0, 0.1) is 5.82 Å². The van der Waals surface area contributed by atoms with Crippen LogP contribution >= 0.6 is 15.9 Å². The first-order valence-corrected chi connectivity index (χ1v) is 10.8. The summed E-state index contributed by atoms with van der Waals surface area (Å²) in [6.45, 7) is 3.87. The van der Waals surface area contributed by atoms with Gasteiger partial charge in [-0.3, -0.25) is 0 Å². The molecule has 0 bridgehead atoms. The maximum Gasteiger partial charge on any atom is 0.336 e. The second-order valence-electron chi connectivity index (χ2n) is 8.14. The predicted octanol–water partition coefficient (Wildman–Crippen LogP) is 5.31. The van der Waals surface area contributed by atoms with E-state index in [-0.39, 0.29) is 11.9 Å². The van der Waals surface area contributed by atoms with Gasteiger partial charge in [0.1, 0.15) is 35.2 Å². The molecular formula is C24H18BrFN2O4. The summed E-state index contributed by atoms with van der Waals surface area (Å²) in [4.78, 5) is 20.1. The van der Waals surface area contributed by atoms with E-state index in [9.17, 15) is 9.18 Å². The number of ether oxygens (including phenoxy) is 2. The Kier molecular flexibility index (Phi) is 4.97. The van der Waals surface area contributed by atoms with Crippen molar-refractivity contribution in [3.8, 4) is 22.9 Å². The Bertz CT molecular complexity index is 1400. The van der Waals surface area contributed by atoms with Crippen LogP contribution in [-0.4, -0.2) is 21.7 Å². The van der Waals surface area contributed by atoms with Crippen molar-refractivity contribution in [3.05, 3.63) is 81.1 Å². The number of halogens is 2. The van der Waals surface area contributed by atoms with Crippen LogP contribution in [0.2, 0.25) is 0 Å². The van der Waals surface area contributed by atoms with Crippen LogP contribution in [0.15, 0.2) is 68.5 Å². The Morgan fingerprint density at radius 2 is 1.97 bits per heavy atom. The number of rotatable bonds is 3. The SMILES string of the molecule is CC1(C)Oc2cc3oc(=O)ccc3cc2C[C@@H]1Oc1cc(-c2ccc(F)c(Br)c2)ncn1. The molecule has 0 saturated carbocycles. The van der Waals surface area contributed by atoms with Gasteiger partial charge in [0, 0.05) is 35.6 Å². The van der Waals surface area contributed by atoms with Crippen LogP contribution in [0.3, 0.4) is 0 Å². The molecule has 0 N–H and O–H groups in total. The van der Waals surface area contributed by atoms with E-state index >= 15 is 0 Å². The second-order valence-corrected chi connectivity index (χ2v) is 8.99. The zero-order chi connectivity index (χ0) is 22.5. The highest BCUT2D eigenvalue weighted by atomic mass is 79.9. The molecule has 0 saturated heterocycles. The maximum atomic E-state index is 13.6. The average Bonchev–Trinajstić information content (AvgIpc) is 2.75. The second kappa shape index (κ2) is 7.70. The lowest BCUT2D eigenvalue weighted by atomic mass is 9.90. The van der Waals surface area contributed by atoms with Crippen molar-refractivity contribution >= 4 is 26.9 Å². The summed E-state index contributed by atoms with van der Waals surface area (Å²) < 4.78 is 31.7. The molecule has 5 rings (SSSR count). The van der Waals surface area contributed by atoms with Gasteiger partial charge in [-0.05, 0) is 65.7 Å². The molecule has 1 aliphatic heterocycles. The first kappa shape index (κ1) is 20.6. The Labute approximate surface area is 191 Å². The van der Waals surface area contributed by atoms with Crippen molar-refractivity contribution in [2.75, 3.05) is 0 Å². The van der Waals surface area contributed by atoms with E-state index in [1.807, 2.05) is 19.9 Å². The first-order valence-electron chi connectivity index (χ1n) is 9.98. The van der Waals surface area contributed by atoms with E-state index in [1.165, 1.54) is 18.5 Å². The van der Waals surface area contributed by atoms with Gasteiger partial charge in [-0.1, -0.05) is 0 Å². The van der Waals surface area contributed by atoms with Gasteiger partial charge in [0.15, 0.2) is 0 Å². The number of fused-ring (bicyclic) bond motifs is 2. The number of nitrogens with zero attached hydrogens (tertiary/aromatic N) is 2. The van der Waals surface area contributed by atoms with Gasteiger partial charge in [0.25, 0.3) is 0 Å². The van der Waals surface area contributed by atoms with Crippen molar-refractivity contribution in [2.45, 2.75) is 32.0 Å². The molecule has 0 spiro atoms. The first-order chi connectivity index (χ1) is 15.3. The van der Waals surface area contributed by atoms with Crippen molar-refractivity contribution in [3.63, 3.8) is 0 Å². The molecule has 2 aromatic heterocycles. The largest absolute Gasteiger partial charge is 0.484 e. The monoisotopic (exact) mass is 496 g/mol. The molecule has 0 fully saturated rings. The number of hydrogen-bond donors (Lipinski definition) is 0. The molecule has 1 aliphatic rings. The van der Waals surface area contributed by atoms with E-state index in [4.69, 9.17) is 13.9 Å². The van der Waals surface area contributed by atoms with Crippen LogP contribution in [0.25, 0.3) is 22.2 Å². The third kappa shape index (κ3) is 3.86. The molecule has 6 nitrogen and oxygen atoms in total. The van der Waals surface area contributed by atoms with E-state index in [0.29, 0.717) is 33.8 Å². The summed E-state index contributed by atoms with van der Waals surface area (Å²) >= 11 is 3.20. The minimum Gasteiger partial charge on any atom is -0.484 e. The van der Waals surface area contributed by atoms with Crippen LogP contribution < -0.4 is 15.1 Å². The number of hydrogen-bond acceptors (Lipinski definition) is 6. The zero-order valence-corrected chi connectivity index (χ0v) is 18.8. The van der Waals surface area contributed by atoms with Gasteiger partial charge in [-0.2, -0.15) is 0 Å². The van der Waals surface area contributed by atoms with Crippen LogP contribution in [0.1, 0.15) is 19.4 Å². The van der Waals surface area contributed by atoms with E-state index in [1.54, 1.807) is 30.3 Å². The summed E-state index contributed by atoms with van der Waals surface area (Å²) in [5.74, 6) is 0.717. The molecule has 3 heterocycles. The molecule has 0 aliphatic carbocycles. The fraction of sp³-hybridized carbons (Fsp3) is 0.208. The highest BCUT2D eigenvalue weighted by Crippen LogP contribution is 2.37. The topological polar surface area (TPSA) is 74.5 Å². The highest BCUT2D eigenvalue weighted by Gasteiger charge is 2.39. The van der Waals surface area contributed by atoms with Crippen LogP contribution in [0.5, 0.6) is 11.6 Å². The van der Waals surface area contributed by atoms with Crippen LogP contribution in [0.4, 0.5) is 4.39 Å². The molecule has 2 aromatic carbocycles. The van der Waals surface area contributed by atoms with Crippen molar-refractivity contribution in [1.82, 2.24) is 9.97 Å². The van der Waals surface area contributed by atoms with E-state index < -0.39 is 11.2 Å². The lowest BCUT2D eigenvalue weighted by Gasteiger charge is -2.39. The van der Waals surface area contributed by atoms with Gasteiger partial charge in [-0.25, -0.2) is 19.2 Å². The lowest BCUT2D eigenvalue weighted by Crippen LogP contribution is -2.49. The van der Waals surface area contributed by atoms with Gasteiger partial charge in [0.05, 0.1) is 10.2 Å². The molecule has 0 amide bonds. The Morgan fingerprint density at radius 3 is 2.78 bits per heavy atom. The van der Waals surface area contributed by atoms with Crippen molar-refractivity contribution < 1.29 is 18.3 Å². The van der Waals surface area contributed by atoms with Gasteiger partial charge < -0.3 is 13.9 Å². The fourth-order valence-corrected chi connectivity index (χ4v) is 4.12. The number of aromatic nitrogens is 2. The van der Waals surface area contributed by atoms with E-state index in [2.05, 4.69) is 25.9 Å². The lowest BCUT2D eigenvalue weighted by molar-refractivity contribution is -0.0287. The van der Waals surface area contributed by atoms with Gasteiger partial charge in [-0.15, -0.1) is 0 Å². The fourth-order valence-electron chi connectivity index (χ4n) is 3.74. The molecule has 0 unspecified atom stereocenters. The number of benzene rings is 2. The normalized spacial score (nSPS) is 16.9. The predicted molar refractivity (Wildman–Crippen MR) is 120 cm³/mol.